The Labute approximate surface area is 157 Å². The van der Waals surface area contributed by atoms with E-state index in [1.54, 1.807) is 7.05 Å². The minimum absolute atomic E-state index is 0.0103. The van der Waals surface area contributed by atoms with E-state index in [1.807, 2.05) is 0 Å². The molecule has 0 fully saturated rings. The number of benzene rings is 1. The van der Waals surface area contributed by atoms with Crippen LogP contribution in [0, 0.1) is 0 Å². The second kappa shape index (κ2) is 6.67. The molecule has 2 heterocycles. The molecular formula is C15H11Cl3N4O3. The van der Waals surface area contributed by atoms with Crippen LogP contribution in [0.4, 0.5) is 0 Å². The van der Waals surface area contributed by atoms with Gasteiger partial charge in [0, 0.05) is 13.1 Å². The van der Waals surface area contributed by atoms with Crippen LogP contribution < -0.4 is 15.0 Å². The molecule has 1 aromatic carbocycles. The van der Waals surface area contributed by atoms with Gasteiger partial charge in [-0.15, -0.1) is 0 Å². The molecule has 0 aliphatic carbocycles. The summed E-state index contributed by atoms with van der Waals surface area (Å²) >= 11 is 18.5. The zero-order chi connectivity index (χ0) is 18.3. The molecule has 0 unspecified atom stereocenters. The average Bonchev–Trinajstić information content (AvgIpc) is 2.60. The first-order valence-corrected chi connectivity index (χ1v) is 8.02. The maximum Gasteiger partial charge on any atom is 0.278 e. The Morgan fingerprint density at radius 3 is 2.20 bits per heavy atom. The number of ether oxygens (including phenoxy) is 2. The number of aryl methyl sites for hydroxylation is 1. The summed E-state index contributed by atoms with van der Waals surface area (Å²) in [7, 11) is 4.43. The zero-order valence-corrected chi connectivity index (χ0v) is 15.6. The van der Waals surface area contributed by atoms with Gasteiger partial charge < -0.3 is 9.47 Å². The first kappa shape index (κ1) is 17.7. The quantitative estimate of drug-likeness (QED) is 0.626. The highest BCUT2D eigenvalue weighted by molar-refractivity contribution is 6.41. The molecule has 2 aromatic heterocycles. The van der Waals surface area contributed by atoms with Gasteiger partial charge in [0.15, 0.2) is 5.65 Å². The Balaban J connectivity index is 2.43. The molecule has 0 N–H and O–H groups in total. The summed E-state index contributed by atoms with van der Waals surface area (Å²) < 4.78 is 11.8. The van der Waals surface area contributed by atoms with Crippen LogP contribution in [0.15, 0.2) is 17.1 Å². The van der Waals surface area contributed by atoms with E-state index in [0.717, 1.165) is 0 Å². The van der Waals surface area contributed by atoms with Crippen LogP contribution in [0.1, 0.15) is 0 Å². The molecule has 7 nitrogen and oxygen atoms in total. The fraction of sp³-hybridized carbons (Fsp3) is 0.200. The Kier molecular flexibility index (Phi) is 4.73. The smallest absolute Gasteiger partial charge is 0.278 e. The first-order valence-electron chi connectivity index (χ1n) is 6.88. The number of hydrogen-bond acceptors (Lipinski definition) is 6. The van der Waals surface area contributed by atoms with Crippen LogP contribution >= 0.6 is 34.8 Å². The van der Waals surface area contributed by atoms with Gasteiger partial charge in [-0.25, -0.2) is 9.97 Å². The molecule has 3 rings (SSSR count). The highest BCUT2D eigenvalue weighted by Crippen LogP contribution is 2.44. The van der Waals surface area contributed by atoms with Crippen molar-refractivity contribution in [2.75, 3.05) is 14.2 Å². The summed E-state index contributed by atoms with van der Waals surface area (Å²) in [5.74, 6) is 0.600. The number of hydrogen-bond donors (Lipinski definition) is 0. The Morgan fingerprint density at radius 1 is 1.04 bits per heavy atom. The van der Waals surface area contributed by atoms with E-state index in [4.69, 9.17) is 44.3 Å². The van der Waals surface area contributed by atoms with Crippen molar-refractivity contribution in [1.29, 1.82) is 0 Å². The molecule has 10 heteroatoms. The Morgan fingerprint density at radius 2 is 1.64 bits per heavy atom. The lowest BCUT2D eigenvalue weighted by atomic mass is 10.1. The van der Waals surface area contributed by atoms with E-state index in [-0.39, 0.29) is 32.2 Å². The van der Waals surface area contributed by atoms with Gasteiger partial charge in [0.1, 0.15) is 22.7 Å². The number of halogens is 3. The maximum absolute atomic E-state index is 12.8. The summed E-state index contributed by atoms with van der Waals surface area (Å²) in [5, 5.41) is 0.301. The van der Waals surface area contributed by atoms with E-state index < -0.39 is 5.56 Å². The molecule has 25 heavy (non-hydrogen) atoms. The molecule has 130 valence electrons. The van der Waals surface area contributed by atoms with E-state index in [9.17, 15) is 4.79 Å². The van der Waals surface area contributed by atoms with E-state index in [1.165, 1.54) is 31.0 Å². The van der Waals surface area contributed by atoms with Gasteiger partial charge in [-0.2, -0.15) is 4.98 Å². The van der Waals surface area contributed by atoms with Crippen molar-refractivity contribution in [3.8, 4) is 22.8 Å². The van der Waals surface area contributed by atoms with Gasteiger partial charge in [0.25, 0.3) is 5.56 Å². The van der Waals surface area contributed by atoms with Gasteiger partial charge in [-0.05, 0) is 11.6 Å². The molecule has 0 saturated heterocycles. The number of nitrogens with zero attached hydrogens (tertiary/aromatic N) is 4. The Bertz CT molecular complexity index is 1020. The normalized spacial score (nSPS) is 11.0. The zero-order valence-electron chi connectivity index (χ0n) is 13.3. The van der Waals surface area contributed by atoms with Gasteiger partial charge in [-0.1, -0.05) is 23.2 Å². The molecule has 0 atom stereocenters. The van der Waals surface area contributed by atoms with Crippen molar-refractivity contribution in [1.82, 2.24) is 19.5 Å². The predicted molar refractivity (Wildman–Crippen MR) is 96.1 cm³/mol. The van der Waals surface area contributed by atoms with Crippen molar-refractivity contribution in [2.45, 2.75) is 0 Å². The van der Waals surface area contributed by atoms with Crippen LogP contribution in [0.5, 0.6) is 11.5 Å². The standard InChI is InChI=1S/C15H11Cl3N4O3/c1-22-13-6(5-19-15(18)21-13)20-12(14(22)23)9-10(16)7(24-2)4-8(25-3)11(9)17/h4-5H,1-3H3. The topological polar surface area (TPSA) is 79.1 Å². The van der Waals surface area contributed by atoms with Crippen LogP contribution in [0.25, 0.3) is 22.4 Å². The third-order valence-electron chi connectivity index (χ3n) is 3.59. The van der Waals surface area contributed by atoms with E-state index in [0.29, 0.717) is 17.0 Å². The monoisotopic (exact) mass is 400 g/mol. The number of fused-ring (bicyclic) bond motifs is 1. The fourth-order valence-electron chi connectivity index (χ4n) is 2.35. The van der Waals surface area contributed by atoms with Crippen LogP contribution in [-0.4, -0.2) is 33.7 Å². The molecule has 0 spiro atoms. The highest BCUT2D eigenvalue weighted by atomic mass is 35.5. The summed E-state index contributed by atoms with van der Waals surface area (Å²) in [6.07, 6.45) is 1.41. The lowest BCUT2D eigenvalue weighted by Crippen LogP contribution is -2.22. The number of rotatable bonds is 3. The Hall–Kier alpha value is -2.09. The summed E-state index contributed by atoms with van der Waals surface area (Å²) in [4.78, 5) is 25.0. The van der Waals surface area contributed by atoms with Gasteiger partial charge in [-0.3, -0.25) is 9.36 Å². The lowest BCUT2D eigenvalue weighted by Gasteiger charge is -2.15. The molecular weight excluding hydrogens is 391 g/mol. The first-order chi connectivity index (χ1) is 11.9. The molecule has 3 aromatic rings. The molecule has 0 saturated carbocycles. The SMILES string of the molecule is COc1cc(OC)c(Cl)c(-c2nc3cnc(Cl)nc3n(C)c2=O)c1Cl. The minimum atomic E-state index is -0.457. The molecule has 0 radical (unpaired) electrons. The third kappa shape index (κ3) is 2.88. The minimum Gasteiger partial charge on any atom is -0.495 e. The molecule has 0 bridgehead atoms. The summed E-state index contributed by atoms with van der Waals surface area (Å²) in [6, 6.07) is 1.53. The second-order valence-corrected chi connectivity index (χ2v) is 6.05. The lowest BCUT2D eigenvalue weighted by molar-refractivity contribution is 0.395. The number of methoxy groups -OCH3 is 2. The van der Waals surface area contributed by atoms with Crippen molar-refractivity contribution in [3.05, 3.63) is 37.9 Å². The van der Waals surface area contributed by atoms with E-state index >= 15 is 0 Å². The largest absolute Gasteiger partial charge is 0.495 e. The van der Waals surface area contributed by atoms with Crippen LogP contribution in [0.2, 0.25) is 15.3 Å². The van der Waals surface area contributed by atoms with Crippen molar-refractivity contribution in [2.24, 2.45) is 7.05 Å². The second-order valence-electron chi connectivity index (χ2n) is 4.96. The summed E-state index contributed by atoms with van der Waals surface area (Å²) in [6.45, 7) is 0. The van der Waals surface area contributed by atoms with Gasteiger partial charge in [0.05, 0.1) is 36.0 Å². The predicted octanol–water partition coefficient (Wildman–Crippen LogP) is 3.37. The van der Waals surface area contributed by atoms with Crippen molar-refractivity contribution in [3.63, 3.8) is 0 Å². The highest BCUT2D eigenvalue weighted by Gasteiger charge is 2.23. The maximum atomic E-state index is 12.8. The van der Waals surface area contributed by atoms with Gasteiger partial charge >= 0.3 is 0 Å². The molecule has 0 amide bonds. The molecule has 0 aliphatic rings. The fourth-order valence-corrected chi connectivity index (χ4v) is 3.16. The van der Waals surface area contributed by atoms with E-state index in [2.05, 4.69) is 15.0 Å². The third-order valence-corrected chi connectivity index (χ3v) is 4.52. The molecule has 0 aliphatic heterocycles. The van der Waals surface area contributed by atoms with Crippen molar-refractivity contribution < 1.29 is 9.47 Å². The summed E-state index contributed by atoms with van der Waals surface area (Å²) in [5.41, 5.74) is 0.415. The average molecular weight is 402 g/mol. The number of aromatic nitrogens is 4. The van der Waals surface area contributed by atoms with Crippen LogP contribution in [0.3, 0.4) is 0 Å². The van der Waals surface area contributed by atoms with Crippen molar-refractivity contribution >= 4 is 46.0 Å². The van der Waals surface area contributed by atoms with Crippen LogP contribution in [-0.2, 0) is 7.05 Å². The van der Waals surface area contributed by atoms with Gasteiger partial charge in [0.2, 0.25) is 5.28 Å².